The summed E-state index contributed by atoms with van der Waals surface area (Å²) in [7, 11) is 0. The van der Waals surface area contributed by atoms with Crippen molar-refractivity contribution in [2.75, 3.05) is 5.32 Å². The molecule has 0 radical (unpaired) electrons. The molecule has 6 heteroatoms. The molecule has 5 nitrogen and oxygen atoms in total. The van der Waals surface area contributed by atoms with Gasteiger partial charge in [0.2, 0.25) is 0 Å². The number of aromatic nitrogens is 1. The van der Waals surface area contributed by atoms with Crippen LogP contribution >= 0.6 is 0 Å². The summed E-state index contributed by atoms with van der Waals surface area (Å²) in [6.07, 6.45) is 3.03. The standard InChI is InChI=1S/C17H14FN3O2/c18-14-5-1-2-6-15(14)21-12-7-8-19-16(10-12)17(22)20-11-13-4-3-9-23-13/h1-10H,11H2,(H,19,21)(H,20,22). The summed E-state index contributed by atoms with van der Waals surface area (Å²) < 4.78 is 18.8. The highest BCUT2D eigenvalue weighted by Gasteiger charge is 2.09. The van der Waals surface area contributed by atoms with Crippen molar-refractivity contribution in [3.8, 4) is 0 Å². The van der Waals surface area contributed by atoms with Crippen molar-refractivity contribution >= 4 is 17.3 Å². The van der Waals surface area contributed by atoms with Crippen molar-refractivity contribution in [1.29, 1.82) is 0 Å². The number of pyridine rings is 1. The van der Waals surface area contributed by atoms with Crippen LogP contribution < -0.4 is 10.6 Å². The molecule has 0 unspecified atom stereocenters. The van der Waals surface area contributed by atoms with Crippen molar-refractivity contribution < 1.29 is 13.6 Å². The van der Waals surface area contributed by atoms with E-state index >= 15 is 0 Å². The minimum atomic E-state index is -0.367. The van der Waals surface area contributed by atoms with Gasteiger partial charge in [0.25, 0.3) is 5.91 Å². The molecule has 1 aromatic carbocycles. The quantitative estimate of drug-likeness (QED) is 0.757. The summed E-state index contributed by atoms with van der Waals surface area (Å²) in [4.78, 5) is 16.1. The Kier molecular flexibility index (Phi) is 4.33. The van der Waals surface area contributed by atoms with Crippen LogP contribution in [0.3, 0.4) is 0 Å². The second-order valence-electron chi connectivity index (χ2n) is 4.80. The Hall–Kier alpha value is -3.15. The zero-order valence-electron chi connectivity index (χ0n) is 12.1. The lowest BCUT2D eigenvalue weighted by atomic mass is 10.2. The van der Waals surface area contributed by atoms with Crippen LogP contribution in [0, 0.1) is 5.82 Å². The molecule has 116 valence electrons. The average molecular weight is 311 g/mol. The number of carbonyl (C=O) groups excluding carboxylic acids is 1. The lowest BCUT2D eigenvalue weighted by molar-refractivity contribution is 0.0943. The van der Waals surface area contributed by atoms with E-state index in [0.717, 1.165) is 0 Å². The number of amides is 1. The Morgan fingerprint density at radius 3 is 2.83 bits per heavy atom. The monoisotopic (exact) mass is 311 g/mol. The van der Waals surface area contributed by atoms with Gasteiger partial charge in [-0.2, -0.15) is 0 Å². The molecule has 2 aromatic heterocycles. The van der Waals surface area contributed by atoms with Gasteiger partial charge in [0.05, 0.1) is 18.5 Å². The third kappa shape index (κ3) is 3.74. The Balaban J connectivity index is 1.69. The third-order valence-electron chi connectivity index (χ3n) is 3.15. The highest BCUT2D eigenvalue weighted by atomic mass is 19.1. The first-order valence-corrected chi connectivity index (χ1v) is 7.00. The zero-order chi connectivity index (χ0) is 16.1. The maximum absolute atomic E-state index is 13.6. The maximum atomic E-state index is 13.6. The molecule has 0 atom stereocenters. The third-order valence-corrected chi connectivity index (χ3v) is 3.15. The number of halogens is 1. The predicted molar refractivity (Wildman–Crippen MR) is 83.8 cm³/mol. The molecule has 3 rings (SSSR count). The summed E-state index contributed by atoms with van der Waals surface area (Å²) in [5, 5.41) is 5.63. The Labute approximate surface area is 132 Å². The van der Waals surface area contributed by atoms with E-state index in [9.17, 15) is 9.18 Å². The molecule has 23 heavy (non-hydrogen) atoms. The van der Waals surface area contributed by atoms with Gasteiger partial charge in [-0.25, -0.2) is 4.39 Å². The van der Waals surface area contributed by atoms with Gasteiger partial charge in [-0.1, -0.05) is 12.1 Å². The van der Waals surface area contributed by atoms with E-state index in [-0.39, 0.29) is 24.0 Å². The Bertz CT molecular complexity index is 803. The maximum Gasteiger partial charge on any atom is 0.270 e. The van der Waals surface area contributed by atoms with Crippen molar-refractivity contribution in [2.45, 2.75) is 6.54 Å². The van der Waals surface area contributed by atoms with E-state index in [1.165, 1.54) is 12.3 Å². The van der Waals surface area contributed by atoms with Gasteiger partial charge in [0.1, 0.15) is 17.3 Å². The lowest BCUT2D eigenvalue weighted by Gasteiger charge is -2.09. The fourth-order valence-corrected chi connectivity index (χ4v) is 2.02. The highest BCUT2D eigenvalue weighted by molar-refractivity contribution is 5.93. The number of nitrogens with one attached hydrogen (secondary N) is 2. The Morgan fingerprint density at radius 2 is 2.04 bits per heavy atom. The average Bonchev–Trinajstić information content (AvgIpc) is 3.08. The first-order valence-electron chi connectivity index (χ1n) is 7.00. The summed E-state index contributed by atoms with van der Waals surface area (Å²) >= 11 is 0. The molecule has 0 saturated carbocycles. The van der Waals surface area contributed by atoms with Gasteiger partial charge in [0.15, 0.2) is 0 Å². The highest BCUT2D eigenvalue weighted by Crippen LogP contribution is 2.19. The minimum Gasteiger partial charge on any atom is -0.467 e. The molecule has 2 heterocycles. The summed E-state index contributed by atoms with van der Waals surface area (Å²) in [6, 6.07) is 13.1. The van der Waals surface area contributed by atoms with Crippen LogP contribution in [0.2, 0.25) is 0 Å². The molecule has 1 amide bonds. The molecule has 0 spiro atoms. The number of benzene rings is 1. The molecule has 0 aliphatic heterocycles. The molecule has 3 aromatic rings. The normalized spacial score (nSPS) is 10.3. The van der Waals surface area contributed by atoms with E-state index < -0.39 is 0 Å². The van der Waals surface area contributed by atoms with E-state index in [4.69, 9.17) is 4.42 Å². The lowest BCUT2D eigenvalue weighted by Crippen LogP contribution is -2.23. The van der Waals surface area contributed by atoms with Gasteiger partial charge in [-0.15, -0.1) is 0 Å². The number of hydrogen-bond acceptors (Lipinski definition) is 4. The van der Waals surface area contributed by atoms with Crippen LogP contribution in [0.25, 0.3) is 0 Å². The van der Waals surface area contributed by atoms with Crippen LogP contribution in [0.4, 0.5) is 15.8 Å². The van der Waals surface area contributed by atoms with Crippen LogP contribution in [0.1, 0.15) is 16.2 Å². The number of rotatable bonds is 5. The molecule has 2 N–H and O–H groups in total. The second kappa shape index (κ2) is 6.74. The van der Waals surface area contributed by atoms with E-state index in [2.05, 4.69) is 15.6 Å². The molecule has 0 saturated heterocycles. The van der Waals surface area contributed by atoms with E-state index in [1.807, 2.05) is 0 Å². The van der Waals surface area contributed by atoms with Crippen LogP contribution in [-0.2, 0) is 6.54 Å². The molecule has 0 fully saturated rings. The van der Waals surface area contributed by atoms with Gasteiger partial charge in [0, 0.05) is 11.9 Å². The first-order chi connectivity index (χ1) is 11.2. The van der Waals surface area contributed by atoms with Crippen LogP contribution in [0.5, 0.6) is 0 Å². The second-order valence-corrected chi connectivity index (χ2v) is 4.80. The molecule has 0 aliphatic rings. The Morgan fingerprint density at radius 1 is 1.17 bits per heavy atom. The van der Waals surface area contributed by atoms with Gasteiger partial charge in [-0.05, 0) is 36.4 Å². The summed E-state index contributed by atoms with van der Waals surface area (Å²) in [6.45, 7) is 0.276. The number of para-hydroxylation sites is 1. The minimum absolute atomic E-state index is 0.234. The van der Waals surface area contributed by atoms with Crippen LogP contribution in [0.15, 0.2) is 65.4 Å². The fourth-order valence-electron chi connectivity index (χ4n) is 2.02. The van der Waals surface area contributed by atoms with Crippen molar-refractivity contribution in [3.63, 3.8) is 0 Å². The molecular formula is C17H14FN3O2. The van der Waals surface area contributed by atoms with Gasteiger partial charge >= 0.3 is 0 Å². The number of furan rings is 1. The van der Waals surface area contributed by atoms with Crippen molar-refractivity contribution in [2.24, 2.45) is 0 Å². The fraction of sp³-hybridized carbons (Fsp3) is 0.0588. The van der Waals surface area contributed by atoms with Gasteiger partial charge < -0.3 is 15.1 Å². The SMILES string of the molecule is O=C(NCc1ccco1)c1cc(Nc2ccccc2F)ccn1. The van der Waals surface area contributed by atoms with E-state index in [0.29, 0.717) is 17.1 Å². The smallest absolute Gasteiger partial charge is 0.270 e. The summed E-state index contributed by atoms with van der Waals surface area (Å²) in [5.74, 6) is -0.0503. The number of carbonyl (C=O) groups is 1. The number of anilines is 2. The number of nitrogens with zero attached hydrogens (tertiary/aromatic N) is 1. The van der Waals surface area contributed by atoms with Crippen molar-refractivity contribution in [3.05, 3.63) is 78.3 Å². The zero-order valence-corrected chi connectivity index (χ0v) is 12.1. The van der Waals surface area contributed by atoms with E-state index in [1.54, 1.807) is 48.7 Å². The predicted octanol–water partition coefficient (Wildman–Crippen LogP) is 3.49. The van der Waals surface area contributed by atoms with Crippen molar-refractivity contribution in [1.82, 2.24) is 10.3 Å². The molecule has 0 bridgehead atoms. The topological polar surface area (TPSA) is 67.2 Å². The largest absolute Gasteiger partial charge is 0.467 e. The van der Waals surface area contributed by atoms with Gasteiger partial charge in [-0.3, -0.25) is 9.78 Å². The van der Waals surface area contributed by atoms with Crippen LogP contribution in [-0.4, -0.2) is 10.9 Å². The number of hydrogen-bond donors (Lipinski definition) is 2. The molecular weight excluding hydrogens is 297 g/mol. The summed E-state index contributed by atoms with van der Waals surface area (Å²) in [5.41, 5.74) is 1.15. The first kappa shape index (κ1) is 14.8. The molecule has 0 aliphatic carbocycles.